The Morgan fingerprint density at radius 2 is 1.73 bits per heavy atom. The molecule has 0 saturated heterocycles. The van der Waals surface area contributed by atoms with Gasteiger partial charge in [0.05, 0.1) is 0 Å². The first kappa shape index (κ1) is 10.5. The van der Waals surface area contributed by atoms with E-state index in [0.717, 1.165) is 25.7 Å². The molecule has 0 radical (unpaired) electrons. The van der Waals surface area contributed by atoms with Gasteiger partial charge in [0.2, 0.25) is 5.91 Å². The first-order chi connectivity index (χ1) is 7.20. The van der Waals surface area contributed by atoms with Crippen LogP contribution in [-0.4, -0.2) is 11.9 Å². The summed E-state index contributed by atoms with van der Waals surface area (Å²) in [6, 6.07) is 0.265. The molecule has 2 rings (SSSR count). The molecule has 0 aromatic carbocycles. The van der Waals surface area contributed by atoms with E-state index >= 15 is 0 Å². The van der Waals surface area contributed by atoms with E-state index in [0.29, 0.717) is 11.8 Å². The zero-order chi connectivity index (χ0) is 10.8. The van der Waals surface area contributed by atoms with Crippen LogP contribution in [0.2, 0.25) is 0 Å². The van der Waals surface area contributed by atoms with Crippen molar-refractivity contribution >= 4 is 5.91 Å². The highest BCUT2D eigenvalue weighted by Crippen LogP contribution is 2.52. The maximum absolute atomic E-state index is 11.9. The highest BCUT2D eigenvalue weighted by Gasteiger charge is 2.53. The number of fused-ring (bicyclic) bond motifs is 1. The van der Waals surface area contributed by atoms with Gasteiger partial charge in [-0.2, -0.15) is 0 Å². The summed E-state index contributed by atoms with van der Waals surface area (Å²) in [6.45, 7) is 4.04. The number of amides is 1. The van der Waals surface area contributed by atoms with Crippen LogP contribution in [0.5, 0.6) is 0 Å². The molecule has 0 aliphatic heterocycles. The van der Waals surface area contributed by atoms with Crippen LogP contribution in [-0.2, 0) is 4.79 Å². The van der Waals surface area contributed by atoms with Crippen molar-refractivity contribution in [3.8, 4) is 11.8 Å². The lowest BCUT2D eigenvalue weighted by molar-refractivity contribution is -0.123. The second-order valence-electron chi connectivity index (χ2n) is 4.95. The van der Waals surface area contributed by atoms with E-state index in [1.54, 1.807) is 0 Å². The molecule has 2 heteroatoms. The van der Waals surface area contributed by atoms with E-state index < -0.39 is 0 Å². The van der Waals surface area contributed by atoms with E-state index in [-0.39, 0.29) is 17.9 Å². The average Bonchev–Trinajstić information content (AvgIpc) is 2.75. The first-order valence-electron chi connectivity index (χ1n) is 5.96. The Morgan fingerprint density at radius 3 is 2.20 bits per heavy atom. The van der Waals surface area contributed by atoms with Gasteiger partial charge in [0.15, 0.2) is 0 Å². The molecule has 2 unspecified atom stereocenters. The first-order valence-corrected chi connectivity index (χ1v) is 5.96. The molecule has 2 aliphatic rings. The minimum absolute atomic E-state index is 0.265. The van der Waals surface area contributed by atoms with Crippen molar-refractivity contribution in [3.05, 3.63) is 0 Å². The number of carbonyl (C=O) groups excluding carboxylic acids is 1. The maximum Gasteiger partial charge on any atom is 0.223 e. The van der Waals surface area contributed by atoms with Gasteiger partial charge in [0.25, 0.3) is 0 Å². The largest absolute Gasteiger partial charge is 0.354 e. The Bertz CT molecular complexity index is 292. The van der Waals surface area contributed by atoms with Gasteiger partial charge in [-0.3, -0.25) is 4.79 Å². The van der Waals surface area contributed by atoms with Gasteiger partial charge >= 0.3 is 0 Å². The van der Waals surface area contributed by atoms with Crippen molar-refractivity contribution in [2.75, 3.05) is 0 Å². The third-order valence-corrected chi connectivity index (χ3v) is 3.40. The van der Waals surface area contributed by atoms with Gasteiger partial charge in [-0.05, 0) is 38.5 Å². The topological polar surface area (TPSA) is 29.1 Å². The molecule has 1 fully saturated rings. The van der Waals surface area contributed by atoms with Crippen molar-refractivity contribution in [2.45, 2.75) is 45.6 Å². The predicted molar refractivity (Wildman–Crippen MR) is 60.0 cm³/mol. The van der Waals surface area contributed by atoms with Gasteiger partial charge in [0, 0.05) is 24.8 Å². The second kappa shape index (κ2) is 4.26. The molecule has 0 spiro atoms. The van der Waals surface area contributed by atoms with Crippen molar-refractivity contribution in [3.63, 3.8) is 0 Å². The quantitative estimate of drug-likeness (QED) is 0.686. The van der Waals surface area contributed by atoms with Crippen LogP contribution >= 0.6 is 0 Å². The van der Waals surface area contributed by atoms with Crippen LogP contribution in [0.25, 0.3) is 0 Å². The standard InChI is InChI=1S/C13H19NO/c1-9(2)14-13(15)12-10-7-5-3-4-6-8-11(10)12/h9-12H,5-8H2,1-2H3,(H,14,15). The van der Waals surface area contributed by atoms with Crippen LogP contribution in [0.4, 0.5) is 0 Å². The Kier molecular flexibility index (Phi) is 3.00. The lowest BCUT2D eigenvalue weighted by Crippen LogP contribution is -2.32. The maximum atomic E-state index is 11.9. The third-order valence-electron chi connectivity index (χ3n) is 3.40. The summed E-state index contributed by atoms with van der Waals surface area (Å²) in [5, 5.41) is 3.02. The molecular weight excluding hydrogens is 186 g/mol. The lowest BCUT2D eigenvalue weighted by Gasteiger charge is -2.07. The number of hydrogen-bond donors (Lipinski definition) is 1. The molecule has 2 aliphatic carbocycles. The molecule has 0 bridgehead atoms. The summed E-state index contributed by atoms with van der Waals surface area (Å²) in [4.78, 5) is 11.9. The van der Waals surface area contributed by atoms with Crippen LogP contribution in [0, 0.1) is 29.6 Å². The van der Waals surface area contributed by atoms with Gasteiger partial charge in [-0.15, -0.1) is 11.8 Å². The number of hydrogen-bond acceptors (Lipinski definition) is 1. The van der Waals surface area contributed by atoms with Crippen molar-refractivity contribution in [2.24, 2.45) is 17.8 Å². The zero-order valence-electron chi connectivity index (χ0n) is 9.55. The van der Waals surface area contributed by atoms with Gasteiger partial charge < -0.3 is 5.32 Å². The SMILES string of the molecule is CC(C)NC(=O)C1C2CCC#CCCC21. The molecule has 82 valence electrons. The fourth-order valence-electron chi connectivity index (χ4n) is 2.66. The second-order valence-corrected chi connectivity index (χ2v) is 4.95. The molecule has 1 N–H and O–H groups in total. The molecule has 2 atom stereocenters. The van der Waals surface area contributed by atoms with Crippen LogP contribution in [0.3, 0.4) is 0 Å². The number of nitrogens with one attached hydrogen (secondary N) is 1. The minimum Gasteiger partial charge on any atom is -0.354 e. The van der Waals surface area contributed by atoms with Crippen molar-refractivity contribution in [1.29, 1.82) is 0 Å². The highest BCUT2D eigenvalue weighted by atomic mass is 16.2. The Morgan fingerprint density at radius 1 is 1.20 bits per heavy atom. The molecule has 15 heavy (non-hydrogen) atoms. The normalized spacial score (nSPS) is 33.1. The highest BCUT2D eigenvalue weighted by molar-refractivity contribution is 5.82. The minimum atomic E-state index is 0.265. The summed E-state index contributed by atoms with van der Waals surface area (Å²) in [6.07, 6.45) is 4.20. The van der Waals surface area contributed by atoms with Crippen molar-refractivity contribution in [1.82, 2.24) is 5.32 Å². The van der Waals surface area contributed by atoms with Gasteiger partial charge in [-0.25, -0.2) is 0 Å². The molecular formula is C13H19NO. The third kappa shape index (κ3) is 2.34. The van der Waals surface area contributed by atoms with Crippen LogP contribution < -0.4 is 5.32 Å². The van der Waals surface area contributed by atoms with E-state index in [4.69, 9.17) is 0 Å². The van der Waals surface area contributed by atoms with E-state index in [9.17, 15) is 4.79 Å². The van der Waals surface area contributed by atoms with E-state index in [1.165, 1.54) is 0 Å². The fourth-order valence-corrected chi connectivity index (χ4v) is 2.66. The molecule has 0 aromatic heterocycles. The molecule has 0 heterocycles. The Labute approximate surface area is 91.8 Å². The molecule has 2 nitrogen and oxygen atoms in total. The Balaban J connectivity index is 1.89. The number of carbonyl (C=O) groups is 1. The Hall–Kier alpha value is -0.970. The average molecular weight is 205 g/mol. The monoisotopic (exact) mass is 205 g/mol. The zero-order valence-corrected chi connectivity index (χ0v) is 9.55. The molecule has 1 amide bonds. The van der Waals surface area contributed by atoms with Gasteiger partial charge in [0.1, 0.15) is 0 Å². The number of rotatable bonds is 2. The molecule has 0 aromatic rings. The summed E-state index contributed by atoms with van der Waals surface area (Å²) in [5.74, 6) is 8.12. The summed E-state index contributed by atoms with van der Waals surface area (Å²) >= 11 is 0. The fraction of sp³-hybridized carbons (Fsp3) is 0.769. The summed E-state index contributed by atoms with van der Waals surface area (Å²) in [5.41, 5.74) is 0. The van der Waals surface area contributed by atoms with Crippen LogP contribution in [0.1, 0.15) is 39.5 Å². The lowest BCUT2D eigenvalue weighted by atomic mass is 10.1. The summed E-state index contributed by atoms with van der Waals surface area (Å²) < 4.78 is 0. The predicted octanol–water partition coefficient (Wildman–Crippen LogP) is 1.95. The van der Waals surface area contributed by atoms with Crippen LogP contribution in [0.15, 0.2) is 0 Å². The van der Waals surface area contributed by atoms with Gasteiger partial charge in [-0.1, -0.05) is 0 Å². The van der Waals surface area contributed by atoms with Crippen molar-refractivity contribution < 1.29 is 4.79 Å². The molecule has 1 saturated carbocycles. The summed E-state index contributed by atoms with van der Waals surface area (Å²) in [7, 11) is 0. The smallest absolute Gasteiger partial charge is 0.223 e. The van der Waals surface area contributed by atoms with E-state index in [2.05, 4.69) is 17.2 Å². The van der Waals surface area contributed by atoms with E-state index in [1.807, 2.05) is 13.8 Å².